The molecule has 6 heteroatoms. The van der Waals surface area contributed by atoms with Crippen LogP contribution in [-0.2, 0) is 23.1 Å². The molecule has 0 aliphatic rings. The van der Waals surface area contributed by atoms with Crippen molar-refractivity contribution in [1.82, 2.24) is 0 Å². The average molecular weight is 336 g/mol. The van der Waals surface area contributed by atoms with E-state index in [0.717, 1.165) is 25.7 Å². The van der Waals surface area contributed by atoms with Crippen molar-refractivity contribution in [2.24, 2.45) is 0 Å². The van der Waals surface area contributed by atoms with Crippen LogP contribution in [0.25, 0.3) is 0 Å². The number of hydrogen-bond acceptors (Lipinski definition) is 5. The summed E-state index contributed by atoms with van der Waals surface area (Å²) in [6, 6.07) is 0. The monoisotopic (exact) mass is 336 g/mol. The maximum atomic E-state index is 12.2. The van der Waals surface area contributed by atoms with Crippen LogP contribution in [0.2, 0.25) is 0 Å². The summed E-state index contributed by atoms with van der Waals surface area (Å²) in [6.07, 6.45) is 10.7. The topological polar surface area (TPSA) is 61.8 Å². The molecule has 132 valence electrons. The molecule has 0 saturated carbocycles. The van der Waals surface area contributed by atoms with Crippen molar-refractivity contribution in [2.45, 2.75) is 71.6 Å². The van der Waals surface area contributed by atoms with Gasteiger partial charge in [-0.05, 0) is 26.7 Å². The standard InChI is InChI=1S/C16H33O5P/c1-3-20-22(18,21-4-2)15-13-11-9-7-5-6-8-10-12-14-19-16-17/h16H,3-15H2,1-2H3. The van der Waals surface area contributed by atoms with Crippen LogP contribution in [0.4, 0.5) is 0 Å². The van der Waals surface area contributed by atoms with Crippen LogP contribution in [0.3, 0.4) is 0 Å². The zero-order chi connectivity index (χ0) is 16.5. The summed E-state index contributed by atoms with van der Waals surface area (Å²) in [4.78, 5) is 9.94. The Bertz CT molecular complexity index is 286. The third-order valence-corrected chi connectivity index (χ3v) is 5.58. The summed E-state index contributed by atoms with van der Waals surface area (Å²) in [6.45, 7) is 5.62. The molecule has 0 atom stereocenters. The minimum atomic E-state index is -2.84. The molecule has 0 aromatic carbocycles. The van der Waals surface area contributed by atoms with Gasteiger partial charge in [-0.1, -0.05) is 44.9 Å². The van der Waals surface area contributed by atoms with Crippen molar-refractivity contribution in [3.05, 3.63) is 0 Å². The minimum absolute atomic E-state index is 0.440. The SMILES string of the molecule is CCOP(=O)(CCCCCCCCCCCOC=O)OCC. The lowest BCUT2D eigenvalue weighted by Gasteiger charge is -2.16. The Balaban J connectivity index is 3.38. The Labute approximate surface area is 135 Å². The first-order valence-corrected chi connectivity index (χ1v) is 10.3. The number of unbranched alkanes of at least 4 members (excludes halogenated alkanes) is 8. The lowest BCUT2D eigenvalue weighted by Crippen LogP contribution is -2.00. The molecule has 0 unspecified atom stereocenters. The Morgan fingerprint density at radius 1 is 0.773 bits per heavy atom. The molecule has 0 aliphatic carbocycles. The number of carbonyl (C=O) groups is 1. The van der Waals surface area contributed by atoms with Gasteiger partial charge < -0.3 is 13.8 Å². The van der Waals surface area contributed by atoms with Gasteiger partial charge in [0.25, 0.3) is 6.47 Å². The highest BCUT2D eigenvalue weighted by atomic mass is 31.2. The Kier molecular flexibility index (Phi) is 15.2. The lowest BCUT2D eigenvalue weighted by atomic mass is 10.1. The smallest absolute Gasteiger partial charge is 0.330 e. The highest BCUT2D eigenvalue weighted by Gasteiger charge is 2.22. The van der Waals surface area contributed by atoms with E-state index in [1.807, 2.05) is 13.8 Å². The Morgan fingerprint density at radius 3 is 1.68 bits per heavy atom. The van der Waals surface area contributed by atoms with Crippen LogP contribution < -0.4 is 0 Å². The molecule has 0 N–H and O–H groups in total. The van der Waals surface area contributed by atoms with E-state index >= 15 is 0 Å². The summed E-state index contributed by atoms with van der Waals surface area (Å²) in [7, 11) is -2.84. The largest absolute Gasteiger partial charge is 0.468 e. The van der Waals surface area contributed by atoms with Gasteiger partial charge in [-0.2, -0.15) is 0 Å². The second-order valence-corrected chi connectivity index (χ2v) is 7.50. The zero-order valence-corrected chi connectivity index (χ0v) is 15.2. The van der Waals surface area contributed by atoms with Crippen LogP contribution in [0.15, 0.2) is 0 Å². The maximum absolute atomic E-state index is 12.2. The van der Waals surface area contributed by atoms with Crippen LogP contribution in [0, 0.1) is 0 Å². The first-order chi connectivity index (χ1) is 10.7. The molecular formula is C16H33O5P. The molecule has 0 heterocycles. The predicted octanol–water partition coefficient (Wildman–Crippen LogP) is 4.94. The second kappa shape index (κ2) is 15.5. The zero-order valence-electron chi connectivity index (χ0n) is 14.3. The third-order valence-electron chi connectivity index (χ3n) is 3.41. The van der Waals surface area contributed by atoms with Gasteiger partial charge >= 0.3 is 7.60 Å². The summed E-state index contributed by atoms with van der Waals surface area (Å²) >= 11 is 0. The van der Waals surface area contributed by atoms with Crippen molar-refractivity contribution < 1.29 is 23.1 Å². The Hall–Kier alpha value is -0.380. The van der Waals surface area contributed by atoms with E-state index in [0.29, 0.717) is 32.5 Å². The van der Waals surface area contributed by atoms with Gasteiger partial charge in [0.2, 0.25) is 0 Å². The predicted molar refractivity (Wildman–Crippen MR) is 89.3 cm³/mol. The molecule has 0 fully saturated rings. The quantitative estimate of drug-likeness (QED) is 0.214. The normalized spacial score (nSPS) is 11.5. The molecular weight excluding hydrogens is 303 g/mol. The molecule has 0 rings (SSSR count). The summed E-state index contributed by atoms with van der Waals surface area (Å²) in [5.74, 6) is 0. The first-order valence-electron chi connectivity index (χ1n) is 8.62. The third kappa shape index (κ3) is 13.3. The molecule has 0 amide bonds. The molecule has 22 heavy (non-hydrogen) atoms. The molecule has 0 radical (unpaired) electrons. The molecule has 0 aromatic heterocycles. The lowest BCUT2D eigenvalue weighted by molar-refractivity contribution is -0.128. The summed E-state index contributed by atoms with van der Waals surface area (Å²) < 4.78 is 27.4. The maximum Gasteiger partial charge on any atom is 0.330 e. The van der Waals surface area contributed by atoms with Crippen molar-refractivity contribution in [1.29, 1.82) is 0 Å². The van der Waals surface area contributed by atoms with E-state index in [9.17, 15) is 9.36 Å². The van der Waals surface area contributed by atoms with Crippen molar-refractivity contribution >= 4 is 14.1 Å². The van der Waals surface area contributed by atoms with Gasteiger partial charge in [0, 0.05) is 0 Å². The number of rotatable bonds is 17. The average Bonchev–Trinajstić information content (AvgIpc) is 2.49. The molecule has 0 saturated heterocycles. The van der Waals surface area contributed by atoms with E-state index in [-0.39, 0.29) is 0 Å². The van der Waals surface area contributed by atoms with Crippen LogP contribution in [0.1, 0.15) is 71.6 Å². The highest BCUT2D eigenvalue weighted by molar-refractivity contribution is 7.53. The fraction of sp³-hybridized carbons (Fsp3) is 0.938. The van der Waals surface area contributed by atoms with Gasteiger partial charge in [-0.15, -0.1) is 0 Å². The van der Waals surface area contributed by atoms with Gasteiger partial charge in [-0.3, -0.25) is 9.36 Å². The number of carbonyl (C=O) groups excluding carboxylic acids is 1. The number of hydrogen-bond donors (Lipinski definition) is 0. The molecule has 0 bridgehead atoms. The van der Waals surface area contributed by atoms with E-state index in [4.69, 9.17) is 9.05 Å². The van der Waals surface area contributed by atoms with E-state index in [1.54, 1.807) is 0 Å². The number of ether oxygens (including phenoxy) is 1. The van der Waals surface area contributed by atoms with Crippen LogP contribution in [0.5, 0.6) is 0 Å². The van der Waals surface area contributed by atoms with Gasteiger partial charge in [0.15, 0.2) is 0 Å². The van der Waals surface area contributed by atoms with Gasteiger partial charge in [-0.25, -0.2) is 0 Å². The van der Waals surface area contributed by atoms with Crippen molar-refractivity contribution in [2.75, 3.05) is 26.0 Å². The first kappa shape index (κ1) is 21.6. The van der Waals surface area contributed by atoms with E-state index < -0.39 is 7.60 Å². The van der Waals surface area contributed by atoms with Crippen molar-refractivity contribution in [3.8, 4) is 0 Å². The summed E-state index contributed by atoms with van der Waals surface area (Å²) in [5.41, 5.74) is 0. The fourth-order valence-electron chi connectivity index (χ4n) is 2.34. The van der Waals surface area contributed by atoms with Crippen molar-refractivity contribution in [3.63, 3.8) is 0 Å². The van der Waals surface area contributed by atoms with Gasteiger partial charge in [0.05, 0.1) is 26.0 Å². The van der Waals surface area contributed by atoms with Crippen LogP contribution >= 0.6 is 7.60 Å². The van der Waals surface area contributed by atoms with Crippen LogP contribution in [-0.4, -0.2) is 32.5 Å². The minimum Gasteiger partial charge on any atom is -0.468 e. The van der Waals surface area contributed by atoms with E-state index in [2.05, 4.69) is 4.74 Å². The molecule has 0 spiro atoms. The van der Waals surface area contributed by atoms with E-state index in [1.165, 1.54) is 32.1 Å². The highest BCUT2D eigenvalue weighted by Crippen LogP contribution is 2.48. The summed E-state index contributed by atoms with van der Waals surface area (Å²) in [5, 5.41) is 0. The Morgan fingerprint density at radius 2 is 1.23 bits per heavy atom. The second-order valence-electron chi connectivity index (χ2n) is 5.32. The molecule has 5 nitrogen and oxygen atoms in total. The fourth-order valence-corrected chi connectivity index (χ4v) is 4.07. The van der Waals surface area contributed by atoms with Gasteiger partial charge in [0.1, 0.15) is 0 Å². The molecule has 0 aliphatic heterocycles. The molecule has 0 aromatic rings.